The van der Waals surface area contributed by atoms with Gasteiger partial charge in [-0.25, -0.2) is 4.98 Å². The summed E-state index contributed by atoms with van der Waals surface area (Å²) in [5.41, 5.74) is 4.13. The van der Waals surface area contributed by atoms with Gasteiger partial charge in [-0.2, -0.15) is 0 Å². The molecule has 3 heteroatoms. The SMILES string of the molecule is c1ccc(N(c2cccc(-c3ccccn3)c2)c2nccc3ccccc23)cc1. The molecule has 2 aromatic heterocycles. The zero-order valence-electron chi connectivity index (χ0n) is 15.8. The van der Waals surface area contributed by atoms with Gasteiger partial charge in [-0.05, 0) is 47.9 Å². The minimum Gasteiger partial charge on any atom is -0.295 e. The number of para-hydroxylation sites is 1. The number of pyridine rings is 2. The fourth-order valence-corrected chi connectivity index (χ4v) is 3.59. The number of nitrogens with zero attached hydrogens (tertiary/aromatic N) is 3. The van der Waals surface area contributed by atoms with Gasteiger partial charge in [0.05, 0.1) is 5.69 Å². The van der Waals surface area contributed by atoms with Crippen LogP contribution in [0.15, 0.2) is 116 Å². The lowest BCUT2D eigenvalue weighted by Crippen LogP contribution is -2.12. The number of hydrogen-bond acceptors (Lipinski definition) is 3. The zero-order valence-corrected chi connectivity index (χ0v) is 15.8. The van der Waals surface area contributed by atoms with Crippen molar-refractivity contribution in [2.45, 2.75) is 0 Å². The summed E-state index contributed by atoms with van der Waals surface area (Å²) < 4.78 is 0. The molecule has 0 aliphatic heterocycles. The van der Waals surface area contributed by atoms with Gasteiger partial charge in [0.25, 0.3) is 0 Å². The summed E-state index contributed by atoms with van der Waals surface area (Å²) in [6.45, 7) is 0. The topological polar surface area (TPSA) is 29.0 Å². The highest BCUT2D eigenvalue weighted by atomic mass is 15.2. The Morgan fingerprint density at radius 2 is 1.34 bits per heavy atom. The van der Waals surface area contributed by atoms with Gasteiger partial charge in [-0.15, -0.1) is 0 Å². The summed E-state index contributed by atoms with van der Waals surface area (Å²) in [6, 6.07) is 35.2. The second-order valence-corrected chi connectivity index (χ2v) is 6.79. The van der Waals surface area contributed by atoms with E-state index in [9.17, 15) is 0 Å². The van der Waals surface area contributed by atoms with Crippen molar-refractivity contribution in [1.82, 2.24) is 9.97 Å². The van der Waals surface area contributed by atoms with Gasteiger partial charge in [0.1, 0.15) is 5.82 Å². The van der Waals surface area contributed by atoms with Crippen molar-refractivity contribution in [2.24, 2.45) is 0 Å². The molecular formula is C26H19N3. The van der Waals surface area contributed by atoms with Gasteiger partial charge < -0.3 is 0 Å². The highest BCUT2D eigenvalue weighted by Crippen LogP contribution is 2.38. The van der Waals surface area contributed by atoms with Crippen molar-refractivity contribution in [2.75, 3.05) is 4.90 Å². The summed E-state index contributed by atoms with van der Waals surface area (Å²) >= 11 is 0. The lowest BCUT2D eigenvalue weighted by Gasteiger charge is -2.26. The lowest BCUT2D eigenvalue weighted by atomic mass is 10.1. The summed E-state index contributed by atoms with van der Waals surface area (Å²) in [5.74, 6) is 0.910. The Kier molecular flexibility index (Phi) is 4.47. The van der Waals surface area contributed by atoms with E-state index >= 15 is 0 Å². The largest absolute Gasteiger partial charge is 0.295 e. The Bertz CT molecular complexity index is 1250. The van der Waals surface area contributed by atoms with E-state index < -0.39 is 0 Å². The maximum absolute atomic E-state index is 4.77. The highest BCUT2D eigenvalue weighted by molar-refractivity contribution is 5.96. The number of fused-ring (bicyclic) bond motifs is 1. The smallest absolute Gasteiger partial charge is 0.145 e. The van der Waals surface area contributed by atoms with Crippen LogP contribution >= 0.6 is 0 Å². The molecule has 5 aromatic rings. The highest BCUT2D eigenvalue weighted by Gasteiger charge is 2.16. The molecule has 3 aromatic carbocycles. The van der Waals surface area contributed by atoms with Crippen molar-refractivity contribution >= 4 is 28.0 Å². The number of rotatable bonds is 4. The summed E-state index contributed by atoms with van der Waals surface area (Å²) in [7, 11) is 0. The van der Waals surface area contributed by atoms with E-state index in [-0.39, 0.29) is 0 Å². The van der Waals surface area contributed by atoms with Crippen molar-refractivity contribution in [3.05, 3.63) is 116 Å². The second kappa shape index (κ2) is 7.56. The standard InChI is InChI=1S/C26H19N3/c1-2-11-22(12-3-1)29(26-24-14-5-4-9-20(24)16-18-28-26)23-13-8-10-21(19-23)25-15-6-7-17-27-25/h1-19H. The molecule has 5 rings (SSSR count). The first-order valence-corrected chi connectivity index (χ1v) is 9.60. The van der Waals surface area contributed by atoms with E-state index in [0.717, 1.165) is 33.8 Å². The molecule has 0 N–H and O–H groups in total. The number of anilines is 3. The van der Waals surface area contributed by atoms with Crippen molar-refractivity contribution in [1.29, 1.82) is 0 Å². The van der Waals surface area contributed by atoms with Crippen LogP contribution < -0.4 is 4.90 Å². The van der Waals surface area contributed by atoms with Gasteiger partial charge in [0.2, 0.25) is 0 Å². The number of aromatic nitrogens is 2. The molecule has 0 unspecified atom stereocenters. The molecule has 2 heterocycles. The van der Waals surface area contributed by atoms with Crippen molar-refractivity contribution in [3.63, 3.8) is 0 Å². The molecule has 0 bridgehead atoms. The molecule has 0 saturated heterocycles. The summed E-state index contributed by atoms with van der Waals surface area (Å²) in [6.07, 6.45) is 3.69. The van der Waals surface area contributed by atoms with Gasteiger partial charge in [0.15, 0.2) is 0 Å². The van der Waals surface area contributed by atoms with Crippen LogP contribution in [-0.4, -0.2) is 9.97 Å². The molecule has 0 fully saturated rings. The van der Waals surface area contributed by atoms with E-state index in [0.29, 0.717) is 0 Å². The van der Waals surface area contributed by atoms with E-state index in [4.69, 9.17) is 4.98 Å². The van der Waals surface area contributed by atoms with Crippen LogP contribution in [0.1, 0.15) is 0 Å². The van der Waals surface area contributed by atoms with Crippen LogP contribution in [-0.2, 0) is 0 Å². The van der Waals surface area contributed by atoms with E-state index in [1.165, 1.54) is 5.39 Å². The minimum absolute atomic E-state index is 0.910. The first kappa shape index (κ1) is 17.1. The Morgan fingerprint density at radius 3 is 2.21 bits per heavy atom. The maximum Gasteiger partial charge on any atom is 0.145 e. The molecule has 0 radical (unpaired) electrons. The van der Waals surface area contributed by atoms with Gasteiger partial charge in [-0.3, -0.25) is 9.88 Å². The molecule has 0 aliphatic carbocycles. The quantitative estimate of drug-likeness (QED) is 0.348. The van der Waals surface area contributed by atoms with Crippen molar-refractivity contribution in [3.8, 4) is 11.3 Å². The Balaban J connectivity index is 1.72. The molecular weight excluding hydrogens is 354 g/mol. The predicted molar refractivity (Wildman–Crippen MR) is 120 cm³/mol. The third-order valence-electron chi connectivity index (χ3n) is 4.94. The van der Waals surface area contributed by atoms with Crippen LogP contribution in [0, 0.1) is 0 Å². The van der Waals surface area contributed by atoms with E-state index in [1.54, 1.807) is 0 Å². The maximum atomic E-state index is 4.77. The average Bonchev–Trinajstić information content (AvgIpc) is 2.81. The zero-order chi connectivity index (χ0) is 19.5. The van der Waals surface area contributed by atoms with Gasteiger partial charge in [0, 0.05) is 34.7 Å². The molecule has 138 valence electrons. The van der Waals surface area contributed by atoms with Gasteiger partial charge >= 0.3 is 0 Å². The van der Waals surface area contributed by atoms with E-state index in [2.05, 4.69) is 82.7 Å². The Hall–Kier alpha value is -3.98. The second-order valence-electron chi connectivity index (χ2n) is 6.79. The monoisotopic (exact) mass is 373 g/mol. The van der Waals surface area contributed by atoms with Crippen molar-refractivity contribution < 1.29 is 0 Å². The molecule has 0 saturated carbocycles. The fourth-order valence-electron chi connectivity index (χ4n) is 3.59. The predicted octanol–water partition coefficient (Wildman–Crippen LogP) is 6.77. The minimum atomic E-state index is 0.910. The molecule has 0 amide bonds. The van der Waals surface area contributed by atoms with Crippen LogP contribution in [0.25, 0.3) is 22.0 Å². The number of benzene rings is 3. The molecule has 29 heavy (non-hydrogen) atoms. The third kappa shape index (κ3) is 3.34. The first-order chi connectivity index (χ1) is 14.4. The lowest BCUT2D eigenvalue weighted by molar-refractivity contribution is 1.20. The normalized spacial score (nSPS) is 10.8. The molecule has 0 atom stereocenters. The molecule has 0 spiro atoms. The summed E-state index contributed by atoms with van der Waals surface area (Å²) in [5, 5.41) is 2.28. The van der Waals surface area contributed by atoms with E-state index in [1.807, 2.05) is 42.7 Å². The van der Waals surface area contributed by atoms with Crippen LogP contribution in [0.5, 0.6) is 0 Å². The Labute approximate surface area is 169 Å². The fraction of sp³-hybridized carbons (Fsp3) is 0. The average molecular weight is 373 g/mol. The first-order valence-electron chi connectivity index (χ1n) is 9.60. The van der Waals surface area contributed by atoms with Gasteiger partial charge in [-0.1, -0.05) is 60.7 Å². The molecule has 0 aliphatic rings. The third-order valence-corrected chi connectivity index (χ3v) is 4.94. The van der Waals surface area contributed by atoms with Crippen LogP contribution in [0.3, 0.4) is 0 Å². The number of hydrogen-bond donors (Lipinski definition) is 0. The Morgan fingerprint density at radius 1 is 0.552 bits per heavy atom. The van der Waals surface area contributed by atoms with Crippen LogP contribution in [0.2, 0.25) is 0 Å². The summed E-state index contributed by atoms with van der Waals surface area (Å²) in [4.78, 5) is 11.5. The molecule has 3 nitrogen and oxygen atoms in total. The van der Waals surface area contributed by atoms with Crippen LogP contribution in [0.4, 0.5) is 17.2 Å².